The first-order chi connectivity index (χ1) is 11.3. The number of hydrogen-bond acceptors (Lipinski definition) is 5. The molecule has 0 aromatic heterocycles. The number of benzene rings is 1. The van der Waals surface area contributed by atoms with Crippen LogP contribution in [0.2, 0.25) is 10.0 Å². The molecule has 1 aliphatic rings. The van der Waals surface area contributed by atoms with Crippen LogP contribution in [0.5, 0.6) is 0 Å². The highest BCUT2D eigenvalue weighted by atomic mass is 35.5. The summed E-state index contributed by atoms with van der Waals surface area (Å²) in [4.78, 5) is 24.6. The molecule has 1 aliphatic heterocycles. The molecule has 1 heterocycles. The fourth-order valence-corrected chi connectivity index (χ4v) is 3.11. The molecule has 0 fully saturated rings. The molecule has 0 amide bonds. The topological polar surface area (TPSA) is 78.6 Å². The number of esters is 1. The van der Waals surface area contributed by atoms with Crippen molar-refractivity contribution in [1.82, 2.24) is 0 Å². The largest absolute Gasteiger partial charge is 0.462 e. The molecule has 1 aromatic carbocycles. The Morgan fingerprint density at radius 3 is 2.54 bits per heavy atom. The summed E-state index contributed by atoms with van der Waals surface area (Å²) in [6.07, 6.45) is 0. The van der Waals surface area contributed by atoms with Crippen LogP contribution in [-0.4, -0.2) is 18.4 Å². The SMILES string of the molecule is CCOC(=O)C1=C(N)OC(C)=C(C(C)=O)[C@@H]1c1cccc(Cl)c1Cl. The van der Waals surface area contributed by atoms with Crippen LogP contribution >= 0.6 is 23.2 Å². The number of Topliss-reactive ketones (excluding diaryl/α,β-unsaturated/α-hetero) is 1. The molecule has 0 aliphatic carbocycles. The highest BCUT2D eigenvalue weighted by molar-refractivity contribution is 6.42. The Bertz CT molecular complexity index is 768. The number of carbonyl (C=O) groups is 2. The highest BCUT2D eigenvalue weighted by Crippen LogP contribution is 2.44. The van der Waals surface area contributed by atoms with Crippen molar-refractivity contribution < 1.29 is 19.1 Å². The van der Waals surface area contributed by atoms with Gasteiger partial charge < -0.3 is 15.2 Å². The zero-order chi connectivity index (χ0) is 18.0. The lowest BCUT2D eigenvalue weighted by Crippen LogP contribution is -2.29. The summed E-state index contributed by atoms with van der Waals surface area (Å²) in [5, 5.41) is 0.551. The zero-order valence-corrected chi connectivity index (χ0v) is 15.0. The fourth-order valence-electron chi connectivity index (χ4n) is 2.70. The summed E-state index contributed by atoms with van der Waals surface area (Å²) in [5.41, 5.74) is 6.73. The van der Waals surface area contributed by atoms with Crippen molar-refractivity contribution in [1.29, 1.82) is 0 Å². The predicted octanol–water partition coefficient (Wildman–Crippen LogP) is 3.70. The van der Waals surface area contributed by atoms with Gasteiger partial charge in [0.2, 0.25) is 5.88 Å². The Hall–Kier alpha value is -1.98. The lowest BCUT2D eigenvalue weighted by molar-refractivity contribution is -0.139. The average molecular weight is 370 g/mol. The van der Waals surface area contributed by atoms with Gasteiger partial charge in [-0.25, -0.2) is 4.79 Å². The highest BCUT2D eigenvalue weighted by Gasteiger charge is 2.39. The van der Waals surface area contributed by atoms with E-state index in [2.05, 4.69) is 0 Å². The van der Waals surface area contributed by atoms with Gasteiger partial charge in [0.1, 0.15) is 11.3 Å². The smallest absolute Gasteiger partial charge is 0.340 e. The van der Waals surface area contributed by atoms with E-state index in [1.54, 1.807) is 32.0 Å². The molecule has 0 unspecified atom stereocenters. The number of rotatable bonds is 4. The first-order valence-corrected chi connectivity index (χ1v) is 8.05. The molecule has 24 heavy (non-hydrogen) atoms. The molecule has 0 saturated heterocycles. The van der Waals surface area contributed by atoms with Gasteiger partial charge in [-0.2, -0.15) is 0 Å². The maximum absolute atomic E-state index is 12.4. The lowest BCUT2D eigenvalue weighted by Gasteiger charge is -2.29. The second-order valence-corrected chi connectivity index (χ2v) is 5.99. The van der Waals surface area contributed by atoms with Crippen LogP contribution in [0.15, 0.2) is 41.0 Å². The lowest BCUT2D eigenvalue weighted by atomic mass is 9.81. The Labute approximate surface area is 150 Å². The number of ketones is 1. The molecule has 0 radical (unpaired) electrons. The monoisotopic (exact) mass is 369 g/mol. The van der Waals surface area contributed by atoms with E-state index < -0.39 is 11.9 Å². The summed E-state index contributed by atoms with van der Waals surface area (Å²) in [7, 11) is 0. The van der Waals surface area contributed by atoms with Crippen molar-refractivity contribution >= 4 is 35.0 Å². The molecule has 0 bridgehead atoms. The minimum absolute atomic E-state index is 0.0387. The van der Waals surface area contributed by atoms with E-state index in [-0.39, 0.29) is 34.4 Å². The minimum Gasteiger partial charge on any atom is -0.462 e. The standard InChI is InChI=1S/C17H17Cl2NO4/c1-4-23-17(22)14-13(10-6-5-7-11(18)15(10)19)12(8(2)21)9(3)24-16(14)20/h5-7,13H,4,20H2,1-3H3/t13-/m0/s1. The molecule has 2 rings (SSSR count). The van der Waals surface area contributed by atoms with E-state index in [0.717, 1.165) is 0 Å². The van der Waals surface area contributed by atoms with Crippen LogP contribution in [0.1, 0.15) is 32.3 Å². The van der Waals surface area contributed by atoms with Crippen LogP contribution in [0.4, 0.5) is 0 Å². The number of nitrogens with two attached hydrogens (primary N) is 1. The van der Waals surface area contributed by atoms with Crippen molar-refractivity contribution in [2.75, 3.05) is 6.61 Å². The fraction of sp³-hybridized carbons (Fsp3) is 0.294. The molecule has 128 valence electrons. The maximum Gasteiger partial charge on any atom is 0.340 e. The van der Waals surface area contributed by atoms with Crippen molar-refractivity contribution in [2.24, 2.45) is 5.73 Å². The molecular weight excluding hydrogens is 353 g/mol. The average Bonchev–Trinajstić information content (AvgIpc) is 2.49. The molecule has 5 nitrogen and oxygen atoms in total. The third-order valence-electron chi connectivity index (χ3n) is 3.65. The van der Waals surface area contributed by atoms with Gasteiger partial charge in [-0.05, 0) is 32.4 Å². The van der Waals surface area contributed by atoms with Crippen LogP contribution in [0.3, 0.4) is 0 Å². The third-order valence-corrected chi connectivity index (χ3v) is 4.49. The Morgan fingerprint density at radius 2 is 1.96 bits per heavy atom. The van der Waals surface area contributed by atoms with Crippen LogP contribution in [0, 0.1) is 0 Å². The van der Waals surface area contributed by atoms with E-state index in [4.69, 9.17) is 38.4 Å². The molecule has 7 heteroatoms. The summed E-state index contributed by atoms with van der Waals surface area (Å²) in [6.45, 7) is 4.82. The second-order valence-electron chi connectivity index (χ2n) is 5.20. The van der Waals surface area contributed by atoms with Gasteiger partial charge in [0.05, 0.1) is 22.6 Å². The molecule has 0 saturated carbocycles. The zero-order valence-electron chi connectivity index (χ0n) is 13.5. The van der Waals surface area contributed by atoms with Crippen LogP contribution in [-0.2, 0) is 19.1 Å². The summed E-state index contributed by atoms with van der Waals surface area (Å²) >= 11 is 12.4. The maximum atomic E-state index is 12.4. The summed E-state index contributed by atoms with van der Waals surface area (Å²) in [6, 6.07) is 4.99. The molecule has 2 N–H and O–H groups in total. The van der Waals surface area contributed by atoms with E-state index >= 15 is 0 Å². The molecule has 1 aromatic rings. The first kappa shape index (κ1) is 18.4. The van der Waals surface area contributed by atoms with Gasteiger partial charge >= 0.3 is 5.97 Å². The Balaban J connectivity index is 2.73. The number of carbonyl (C=O) groups excluding carboxylic acids is 2. The van der Waals surface area contributed by atoms with Gasteiger partial charge in [0, 0.05) is 5.57 Å². The quantitative estimate of drug-likeness (QED) is 0.818. The first-order valence-electron chi connectivity index (χ1n) is 7.29. The third kappa shape index (κ3) is 3.28. The van der Waals surface area contributed by atoms with E-state index in [1.807, 2.05) is 0 Å². The van der Waals surface area contributed by atoms with Gasteiger partial charge in [-0.3, -0.25) is 4.79 Å². The van der Waals surface area contributed by atoms with Gasteiger partial charge in [0.25, 0.3) is 0 Å². The second kappa shape index (κ2) is 7.28. The van der Waals surface area contributed by atoms with Crippen LogP contribution in [0.25, 0.3) is 0 Å². The predicted molar refractivity (Wildman–Crippen MR) is 91.5 cm³/mol. The number of hydrogen-bond donors (Lipinski definition) is 1. The van der Waals surface area contributed by atoms with Crippen molar-refractivity contribution in [3.05, 3.63) is 56.6 Å². The van der Waals surface area contributed by atoms with Gasteiger partial charge in [-0.15, -0.1) is 0 Å². The van der Waals surface area contributed by atoms with E-state index in [1.165, 1.54) is 6.92 Å². The van der Waals surface area contributed by atoms with E-state index in [9.17, 15) is 9.59 Å². The van der Waals surface area contributed by atoms with Crippen molar-refractivity contribution in [3.8, 4) is 0 Å². The molecular formula is C17H17Cl2NO4. The summed E-state index contributed by atoms with van der Waals surface area (Å²) in [5.74, 6) is -1.53. The minimum atomic E-state index is -0.804. The Morgan fingerprint density at radius 1 is 1.29 bits per heavy atom. The number of halogens is 2. The molecule has 0 spiro atoms. The summed E-state index contributed by atoms with van der Waals surface area (Å²) < 4.78 is 10.5. The van der Waals surface area contributed by atoms with Crippen molar-refractivity contribution in [2.45, 2.75) is 26.7 Å². The molecule has 1 atom stereocenters. The number of allylic oxidation sites excluding steroid dienone is 2. The Kier molecular flexibility index (Phi) is 5.57. The normalized spacial score (nSPS) is 17.6. The van der Waals surface area contributed by atoms with Crippen LogP contribution < -0.4 is 5.73 Å². The number of ether oxygens (including phenoxy) is 2. The van der Waals surface area contributed by atoms with Gasteiger partial charge in [-0.1, -0.05) is 35.3 Å². The van der Waals surface area contributed by atoms with E-state index in [0.29, 0.717) is 16.3 Å². The van der Waals surface area contributed by atoms with Gasteiger partial charge in [0.15, 0.2) is 5.78 Å². The van der Waals surface area contributed by atoms with Crippen molar-refractivity contribution in [3.63, 3.8) is 0 Å².